The van der Waals surface area contributed by atoms with Gasteiger partial charge in [-0.2, -0.15) is 11.8 Å². The summed E-state index contributed by atoms with van der Waals surface area (Å²) < 4.78 is 12.3. The van der Waals surface area contributed by atoms with E-state index in [1.54, 1.807) is 0 Å². The van der Waals surface area contributed by atoms with E-state index in [9.17, 15) is 0 Å². The van der Waals surface area contributed by atoms with Crippen LogP contribution in [0, 0.1) is 0 Å². The molecule has 1 unspecified atom stereocenters. The maximum absolute atomic E-state index is 6.21. The van der Waals surface area contributed by atoms with Crippen LogP contribution in [0.1, 0.15) is 31.2 Å². The first-order valence-corrected chi connectivity index (χ1v) is 9.07. The van der Waals surface area contributed by atoms with Gasteiger partial charge in [-0.15, -0.1) is 0 Å². The van der Waals surface area contributed by atoms with Crippen LogP contribution in [-0.2, 0) is 11.3 Å². The lowest BCUT2D eigenvalue weighted by Gasteiger charge is -2.43. The van der Waals surface area contributed by atoms with E-state index in [1.165, 1.54) is 29.9 Å². The van der Waals surface area contributed by atoms with Crippen molar-refractivity contribution in [3.63, 3.8) is 0 Å². The molecule has 1 spiro atoms. The van der Waals surface area contributed by atoms with E-state index in [2.05, 4.69) is 29.6 Å². The standard InChI is InChI=1S/C17H25NO2S/c1-18-13-14-2-4-15(5-3-14)20-16-6-9-19-17(12-16)7-10-21-11-8-17/h2-5,16,18H,6-13H2,1H3. The van der Waals surface area contributed by atoms with E-state index in [0.29, 0.717) is 6.10 Å². The molecule has 3 nitrogen and oxygen atoms in total. The predicted molar refractivity (Wildman–Crippen MR) is 88.1 cm³/mol. The molecule has 116 valence electrons. The first kappa shape index (κ1) is 15.2. The highest BCUT2D eigenvalue weighted by molar-refractivity contribution is 7.99. The lowest BCUT2D eigenvalue weighted by Crippen LogP contribution is -2.46. The summed E-state index contributed by atoms with van der Waals surface area (Å²) in [6.45, 7) is 1.74. The minimum Gasteiger partial charge on any atom is -0.490 e. The number of hydrogen-bond acceptors (Lipinski definition) is 4. The van der Waals surface area contributed by atoms with Crippen molar-refractivity contribution in [3.05, 3.63) is 29.8 Å². The number of hydrogen-bond donors (Lipinski definition) is 1. The molecule has 1 aromatic rings. The Labute approximate surface area is 131 Å². The van der Waals surface area contributed by atoms with Gasteiger partial charge >= 0.3 is 0 Å². The summed E-state index contributed by atoms with van der Waals surface area (Å²) in [5.74, 6) is 3.44. The van der Waals surface area contributed by atoms with Crippen LogP contribution in [-0.4, -0.2) is 36.9 Å². The lowest BCUT2D eigenvalue weighted by molar-refractivity contribution is -0.116. The fourth-order valence-corrected chi connectivity index (χ4v) is 4.49. The molecule has 1 N–H and O–H groups in total. The van der Waals surface area contributed by atoms with Crippen LogP contribution in [0.4, 0.5) is 0 Å². The average molecular weight is 307 g/mol. The average Bonchev–Trinajstić information content (AvgIpc) is 2.50. The van der Waals surface area contributed by atoms with Crippen molar-refractivity contribution in [2.75, 3.05) is 25.2 Å². The molecule has 0 saturated carbocycles. The van der Waals surface area contributed by atoms with Crippen molar-refractivity contribution in [2.24, 2.45) is 0 Å². The van der Waals surface area contributed by atoms with E-state index < -0.39 is 0 Å². The first-order valence-electron chi connectivity index (χ1n) is 7.92. The summed E-state index contributed by atoms with van der Waals surface area (Å²) in [6.07, 6.45) is 4.72. The molecule has 0 aliphatic carbocycles. The van der Waals surface area contributed by atoms with Crippen LogP contribution in [0.15, 0.2) is 24.3 Å². The van der Waals surface area contributed by atoms with Crippen molar-refractivity contribution >= 4 is 11.8 Å². The molecule has 2 saturated heterocycles. The Hall–Kier alpha value is -0.710. The van der Waals surface area contributed by atoms with Crippen molar-refractivity contribution in [1.82, 2.24) is 5.32 Å². The summed E-state index contributed by atoms with van der Waals surface area (Å²) in [6, 6.07) is 8.45. The Morgan fingerprint density at radius 1 is 1.29 bits per heavy atom. The number of rotatable bonds is 4. The van der Waals surface area contributed by atoms with Gasteiger partial charge in [-0.25, -0.2) is 0 Å². The molecule has 2 aliphatic heterocycles. The second-order valence-corrected chi connectivity index (χ2v) is 7.28. The summed E-state index contributed by atoms with van der Waals surface area (Å²) in [5.41, 5.74) is 1.39. The van der Waals surface area contributed by atoms with Gasteiger partial charge in [0, 0.05) is 19.4 Å². The zero-order chi connectivity index (χ0) is 14.5. The first-order chi connectivity index (χ1) is 10.3. The zero-order valence-electron chi connectivity index (χ0n) is 12.8. The minimum absolute atomic E-state index is 0.0975. The summed E-state index contributed by atoms with van der Waals surface area (Å²) in [7, 11) is 1.97. The zero-order valence-corrected chi connectivity index (χ0v) is 13.6. The molecule has 0 radical (unpaired) electrons. The summed E-state index contributed by atoms with van der Waals surface area (Å²) in [4.78, 5) is 0. The Morgan fingerprint density at radius 3 is 2.76 bits per heavy atom. The number of ether oxygens (including phenoxy) is 2. The monoisotopic (exact) mass is 307 g/mol. The van der Waals surface area contributed by atoms with Crippen molar-refractivity contribution in [1.29, 1.82) is 0 Å². The fourth-order valence-electron chi connectivity index (χ4n) is 3.26. The molecule has 21 heavy (non-hydrogen) atoms. The van der Waals surface area contributed by atoms with Crippen molar-refractivity contribution < 1.29 is 9.47 Å². The molecule has 1 aromatic carbocycles. The van der Waals surface area contributed by atoms with Crippen LogP contribution in [0.2, 0.25) is 0 Å². The predicted octanol–water partition coefficient (Wildman–Crippen LogP) is 3.23. The number of benzene rings is 1. The Bertz CT molecular complexity index is 437. The third-order valence-electron chi connectivity index (χ3n) is 4.46. The van der Waals surface area contributed by atoms with Crippen LogP contribution in [0.25, 0.3) is 0 Å². The summed E-state index contributed by atoms with van der Waals surface area (Å²) in [5, 5.41) is 3.16. The molecule has 2 fully saturated rings. The maximum Gasteiger partial charge on any atom is 0.119 e. The topological polar surface area (TPSA) is 30.5 Å². The Morgan fingerprint density at radius 2 is 2.05 bits per heavy atom. The lowest BCUT2D eigenvalue weighted by atomic mass is 9.86. The molecule has 0 bridgehead atoms. The largest absolute Gasteiger partial charge is 0.490 e. The Kier molecular flexibility index (Phi) is 5.09. The highest BCUT2D eigenvalue weighted by Crippen LogP contribution is 2.38. The smallest absolute Gasteiger partial charge is 0.119 e. The molecular weight excluding hydrogens is 282 g/mol. The van der Waals surface area contributed by atoms with Crippen molar-refractivity contribution in [2.45, 2.75) is 43.9 Å². The van der Waals surface area contributed by atoms with Gasteiger partial charge < -0.3 is 14.8 Å². The second-order valence-electron chi connectivity index (χ2n) is 6.05. The molecule has 0 aromatic heterocycles. The maximum atomic E-state index is 6.21. The van der Waals surface area contributed by atoms with Crippen LogP contribution >= 0.6 is 11.8 Å². The molecule has 2 heterocycles. The van der Waals surface area contributed by atoms with Gasteiger partial charge in [-0.05, 0) is 49.1 Å². The van der Waals surface area contributed by atoms with Crippen molar-refractivity contribution in [3.8, 4) is 5.75 Å². The molecular formula is C17H25NO2S. The van der Waals surface area contributed by atoms with E-state index >= 15 is 0 Å². The van der Waals surface area contributed by atoms with Gasteiger partial charge in [0.05, 0.1) is 12.2 Å². The number of nitrogens with one attached hydrogen (secondary N) is 1. The van der Waals surface area contributed by atoms with Gasteiger partial charge in [0.15, 0.2) is 0 Å². The third-order valence-corrected chi connectivity index (χ3v) is 5.44. The molecule has 2 aliphatic rings. The van der Waals surface area contributed by atoms with Gasteiger partial charge in [-0.1, -0.05) is 12.1 Å². The molecule has 3 rings (SSSR count). The van der Waals surface area contributed by atoms with Gasteiger partial charge in [0.1, 0.15) is 11.9 Å². The van der Waals surface area contributed by atoms with Gasteiger partial charge in [-0.3, -0.25) is 0 Å². The highest BCUT2D eigenvalue weighted by atomic mass is 32.2. The van der Waals surface area contributed by atoms with E-state index in [1.807, 2.05) is 18.8 Å². The Balaban J connectivity index is 1.59. The minimum atomic E-state index is 0.0975. The van der Waals surface area contributed by atoms with E-state index in [-0.39, 0.29) is 5.60 Å². The highest BCUT2D eigenvalue weighted by Gasteiger charge is 2.39. The fraction of sp³-hybridized carbons (Fsp3) is 0.647. The second kappa shape index (κ2) is 7.03. The van der Waals surface area contributed by atoms with Gasteiger partial charge in [0.25, 0.3) is 0 Å². The van der Waals surface area contributed by atoms with Crippen LogP contribution < -0.4 is 10.1 Å². The molecule has 4 heteroatoms. The van der Waals surface area contributed by atoms with Crippen LogP contribution in [0.3, 0.4) is 0 Å². The summed E-state index contributed by atoms with van der Waals surface area (Å²) >= 11 is 2.05. The molecule has 0 amide bonds. The SMILES string of the molecule is CNCc1ccc(OC2CCOC3(CCSCC3)C2)cc1. The normalized spacial score (nSPS) is 24.9. The third kappa shape index (κ3) is 3.93. The van der Waals surface area contributed by atoms with E-state index in [4.69, 9.17) is 9.47 Å². The van der Waals surface area contributed by atoms with E-state index in [0.717, 1.165) is 31.7 Å². The quantitative estimate of drug-likeness (QED) is 0.925. The van der Waals surface area contributed by atoms with Crippen LogP contribution in [0.5, 0.6) is 5.75 Å². The molecule has 1 atom stereocenters. The number of thioether (sulfide) groups is 1. The van der Waals surface area contributed by atoms with Gasteiger partial charge in [0.2, 0.25) is 0 Å².